The summed E-state index contributed by atoms with van der Waals surface area (Å²) in [5.41, 5.74) is 0. The van der Waals surface area contributed by atoms with Gasteiger partial charge in [-0.25, -0.2) is 0 Å². The van der Waals surface area contributed by atoms with Crippen LogP contribution in [0.5, 0.6) is 0 Å². The zero-order chi connectivity index (χ0) is 13.0. The summed E-state index contributed by atoms with van der Waals surface area (Å²) in [6.45, 7) is 2.87. The predicted octanol–water partition coefficient (Wildman–Crippen LogP) is 1.84. The van der Waals surface area contributed by atoms with Crippen molar-refractivity contribution in [3.05, 3.63) is 0 Å². The van der Waals surface area contributed by atoms with Crippen molar-refractivity contribution in [3.8, 4) is 0 Å². The molecule has 2 aliphatic rings. The van der Waals surface area contributed by atoms with Crippen LogP contribution in [-0.4, -0.2) is 35.3 Å². The van der Waals surface area contributed by atoms with Crippen molar-refractivity contribution in [3.63, 3.8) is 0 Å². The molecule has 2 rings (SSSR count). The molecule has 4 nitrogen and oxygen atoms in total. The lowest BCUT2D eigenvalue weighted by atomic mass is 10.1. The molecule has 1 heterocycles. The van der Waals surface area contributed by atoms with Crippen molar-refractivity contribution in [2.45, 2.75) is 70.4 Å². The molecule has 0 bridgehead atoms. The van der Waals surface area contributed by atoms with Crippen molar-refractivity contribution in [1.29, 1.82) is 0 Å². The Bertz CT molecular complexity index is 309. The molecule has 1 saturated carbocycles. The van der Waals surface area contributed by atoms with Crippen LogP contribution in [0.15, 0.2) is 0 Å². The molecule has 1 aliphatic carbocycles. The number of rotatable bonds is 4. The molecule has 1 unspecified atom stereocenters. The van der Waals surface area contributed by atoms with Gasteiger partial charge < -0.3 is 5.32 Å². The number of likely N-dealkylation sites (tertiary alicyclic amines) is 1. The molecule has 102 valence electrons. The molecule has 1 atom stereocenters. The number of carbonyl (C=O) groups excluding carboxylic acids is 2. The average Bonchev–Trinajstić information content (AvgIpc) is 2.58. The number of carbonyl (C=O) groups is 2. The summed E-state index contributed by atoms with van der Waals surface area (Å²) in [7, 11) is 0. The zero-order valence-electron chi connectivity index (χ0n) is 11.3. The van der Waals surface area contributed by atoms with E-state index in [-0.39, 0.29) is 23.9 Å². The maximum Gasteiger partial charge on any atom is 0.247 e. The highest BCUT2D eigenvalue weighted by atomic mass is 16.2. The fourth-order valence-corrected chi connectivity index (χ4v) is 3.03. The van der Waals surface area contributed by atoms with Crippen LogP contribution in [0.1, 0.15) is 58.3 Å². The summed E-state index contributed by atoms with van der Waals surface area (Å²) >= 11 is 0. The lowest BCUT2D eigenvalue weighted by Crippen LogP contribution is -2.44. The van der Waals surface area contributed by atoms with Crippen LogP contribution in [0.4, 0.5) is 0 Å². The van der Waals surface area contributed by atoms with E-state index >= 15 is 0 Å². The minimum atomic E-state index is -0.263. The number of nitrogens with zero attached hydrogens (tertiary/aromatic N) is 1. The molecule has 2 fully saturated rings. The first-order valence-corrected chi connectivity index (χ1v) is 7.33. The summed E-state index contributed by atoms with van der Waals surface area (Å²) < 4.78 is 0. The van der Waals surface area contributed by atoms with Gasteiger partial charge in [-0.1, -0.05) is 32.6 Å². The van der Waals surface area contributed by atoms with Gasteiger partial charge >= 0.3 is 0 Å². The Kier molecular flexibility index (Phi) is 4.75. The first kappa shape index (κ1) is 13.5. The molecule has 4 heteroatoms. The van der Waals surface area contributed by atoms with Crippen molar-refractivity contribution < 1.29 is 9.59 Å². The number of imide groups is 1. The molecule has 1 aliphatic heterocycles. The van der Waals surface area contributed by atoms with E-state index in [0.717, 1.165) is 38.6 Å². The number of nitrogens with one attached hydrogen (secondary N) is 1. The van der Waals surface area contributed by atoms with Gasteiger partial charge in [0, 0.05) is 6.04 Å². The quantitative estimate of drug-likeness (QED) is 0.613. The van der Waals surface area contributed by atoms with Gasteiger partial charge in [0.1, 0.15) is 0 Å². The summed E-state index contributed by atoms with van der Waals surface area (Å²) in [5, 5.41) is 3.18. The molecule has 18 heavy (non-hydrogen) atoms. The van der Waals surface area contributed by atoms with E-state index in [4.69, 9.17) is 0 Å². The second kappa shape index (κ2) is 6.32. The zero-order valence-corrected chi connectivity index (χ0v) is 11.3. The van der Waals surface area contributed by atoms with Gasteiger partial charge in [-0.3, -0.25) is 14.5 Å². The number of hydrogen-bond donors (Lipinski definition) is 1. The number of hydrogen-bond acceptors (Lipinski definition) is 3. The molecule has 0 radical (unpaired) electrons. The van der Waals surface area contributed by atoms with Gasteiger partial charge in [-0.15, -0.1) is 0 Å². The maximum absolute atomic E-state index is 12.3. The summed E-state index contributed by atoms with van der Waals surface area (Å²) in [5.74, 6) is 0.0425. The Balaban J connectivity index is 1.99. The molecule has 2 amide bonds. The highest BCUT2D eigenvalue weighted by Gasteiger charge is 2.41. The van der Waals surface area contributed by atoms with E-state index in [1.165, 1.54) is 12.8 Å². The molecule has 1 saturated heterocycles. The SMILES string of the molecule is CCCNC1CC(=O)N(C2CCCCCC2)C1=O. The third-order valence-corrected chi connectivity index (χ3v) is 4.01. The van der Waals surface area contributed by atoms with Gasteiger partial charge in [0.05, 0.1) is 12.5 Å². The monoisotopic (exact) mass is 252 g/mol. The third-order valence-electron chi connectivity index (χ3n) is 4.01. The van der Waals surface area contributed by atoms with E-state index < -0.39 is 0 Å². The van der Waals surface area contributed by atoms with Crippen LogP contribution in [0.25, 0.3) is 0 Å². The lowest BCUT2D eigenvalue weighted by Gasteiger charge is -2.25. The fourth-order valence-electron chi connectivity index (χ4n) is 3.03. The Hall–Kier alpha value is -0.900. The minimum Gasteiger partial charge on any atom is -0.305 e. The topological polar surface area (TPSA) is 49.4 Å². The van der Waals surface area contributed by atoms with E-state index in [0.29, 0.717) is 6.42 Å². The van der Waals surface area contributed by atoms with Crippen molar-refractivity contribution in [2.24, 2.45) is 0 Å². The van der Waals surface area contributed by atoms with E-state index in [9.17, 15) is 9.59 Å². The van der Waals surface area contributed by atoms with Crippen LogP contribution in [0.2, 0.25) is 0 Å². The van der Waals surface area contributed by atoms with Crippen LogP contribution in [0.3, 0.4) is 0 Å². The van der Waals surface area contributed by atoms with Crippen molar-refractivity contribution >= 4 is 11.8 Å². The third kappa shape index (κ3) is 2.91. The first-order valence-electron chi connectivity index (χ1n) is 7.33. The Morgan fingerprint density at radius 3 is 2.44 bits per heavy atom. The smallest absolute Gasteiger partial charge is 0.247 e. The standard InChI is InChI=1S/C14H24N2O2/c1-2-9-15-12-10-13(17)16(14(12)18)11-7-5-3-4-6-8-11/h11-12,15H,2-10H2,1H3. The Morgan fingerprint density at radius 1 is 1.17 bits per heavy atom. The minimum absolute atomic E-state index is 0.0142. The van der Waals surface area contributed by atoms with Gasteiger partial charge in [-0.2, -0.15) is 0 Å². The Labute approximate surface area is 109 Å². The average molecular weight is 252 g/mol. The number of amides is 2. The highest BCUT2D eigenvalue weighted by molar-refractivity contribution is 6.05. The van der Waals surface area contributed by atoms with Crippen LogP contribution in [-0.2, 0) is 9.59 Å². The summed E-state index contributed by atoms with van der Waals surface area (Å²) in [6, 6.07) is -0.0957. The molecule has 0 aromatic rings. The largest absolute Gasteiger partial charge is 0.305 e. The molecular formula is C14H24N2O2. The summed E-state index contributed by atoms with van der Waals surface area (Å²) in [6.07, 6.45) is 8.12. The maximum atomic E-state index is 12.3. The van der Waals surface area contributed by atoms with Crippen LogP contribution >= 0.6 is 0 Å². The molecule has 0 aromatic heterocycles. The normalized spacial score (nSPS) is 26.7. The second-order valence-electron chi connectivity index (χ2n) is 5.46. The molecular weight excluding hydrogens is 228 g/mol. The van der Waals surface area contributed by atoms with Crippen molar-refractivity contribution in [2.75, 3.05) is 6.54 Å². The van der Waals surface area contributed by atoms with E-state index in [1.807, 2.05) is 0 Å². The fraction of sp³-hybridized carbons (Fsp3) is 0.857. The first-order chi connectivity index (χ1) is 8.74. The second-order valence-corrected chi connectivity index (χ2v) is 5.46. The van der Waals surface area contributed by atoms with Gasteiger partial charge in [-0.05, 0) is 25.8 Å². The van der Waals surface area contributed by atoms with Gasteiger partial charge in [0.2, 0.25) is 11.8 Å². The van der Waals surface area contributed by atoms with Gasteiger partial charge in [0.25, 0.3) is 0 Å². The predicted molar refractivity (Wildman–Crippen MR) is 70.0 cm³/mol. The van der Waals surface area contributed by atoms with Crippen LogP contribution < -0.4 is 5.32 Å². The van der Waals surface area contributed by atoms with E-state index in [1.54, 1.807) is 4.90 Å². The summed E-state index contributed by atoms with van der Waals surface area (Å²) in [4.78, 5) is 25.9. The lowest BCUT2D eigenvalue weighted by molar-refractivity contribution is -0.141. The molecule has 0 spiro atoms. The van der Waals surface area contributed by atoms with Crippen LogP contribution in [0, 0.1) is 0 Å². The molecule has 1 N–H and O–H groups in total. The van der Waals surface area contributed by atoms with Crippen molar-refractivity contribution in [1.82, 2.24) is 10.2 Å². The van der Waals surface area contributed by atoms with E-state index in [2.05, 4.69) is 12.2 Å². The highest BCUT2D eigenvalue weighted by Crippen LogP contribution is 2.26. The van der Waals surface area contributed by atoms with Gasteiger partial charge in [0.15, 0.2) is 0 Å². The Morgan fingerprint density at radius 2 is 1.83 bits per heavy atom. The molecule has 0 aromatic carbocycles.